The molecular formula is C20H24N6O2. The first-order valence-corrected chi connectivity index (χ1v) is 9.33. The summed E-state index contributed by atoms with van der Waals surface area (Å²) in [6.07, 6.45) is 3.04. The third-order valence-corrected chi connectivity index (χ3v) is 5.25. The Kier molecular flexibility index (Phi) is 4.30. The zero-order valence-electron chi connectivity index (χ0n) is 16.5. The Morgan fingerprint density at radius 3 is 2.61 bits per heavy atom. The van der Waals surface area contributed by atoms with Crippen LogP contribution in [0.2, 0.25) is 0 Å². The molecule has 1 aromatic carbocycles. The first-order chi connectivity index (χ1) is 13.3. The fourth-order valence-corrected chi connectivity index (χ4v) is 3.67. The second-order valence-corrected chi connectivity index (χ2v) is 7.66. The summed E-state index contributed by atoms with van der Waals surface area (Å²) < 4.78 is 3.44. The molecule has 0 bridgehead atoms. The summed E-state index contributed by atoms with van der Waals surface area (Å²) in [4.78, 5) is 19.0. The number of amides is 1. The van der Waals surface area contributed by atoms with Crippen LogP contribution in [-0.2, 0) is 23.7 Å². The molecule has 28 heavy (non-hydrogen) atoms. The molecule has 1 aliphatic heterocycles. The first-order valence-electron chi connectivity index (χ1n) is 9.33. The molecule has 3 heterocycles. The predicted molar refractivity (Wildman–Crippen MR) is 105 cm³/mol. The zero-order valence-corrected chi connectivity index (χ0v) is 16.5. The summed E-state index contributed by atoms with van der Waals surface area (Å²) in [5, 5.41) is 18.2. The molecule has 3 aromatic rings. The van der Waals surface area contributed by atoms with Gasteiger partial charge in [-0.3, -0.25) is 9.48 Å². The molecule has 8 heteroatoms. The summed E-state index contributed by atoms with van der Waals surface area (Å²) >= 11 is 0. The number of benzene rings is 1. The van der Waals surface area contributed by atoms with Crippen LogP contribution in [0.15, 0.2) is 30.5 Å². The molecule has 4 rings (SSSR count). The Balaban J connectivity index is 1.84. The van der Waals surface area contributed by atoms with Crippen molar-refractivity contribution in [1.29, 1.82) is 0 Å². The standard InChI is InChI=1S/C20H24N6O2/c1-20(2)14-12-13(7-8-15(14)25(4)19(20)28)18-21-16(6-5-11-27)22-26(18)17-9-10-24(3)23-17/h7-10,12,27H,5-6,11H2,1-4H3. The molecule has 0 saturated heterocycles. The van der Waals surface area contributed by atoms with Gasteiger partial charge in [0.1, 0.15) is 0 Å². The number of anilines is 1. The second-order valence-electron chi connectivity index (χ2n) is 7.66. The lowest BCUT2D eigenvalue weighted by molar-refractivity contribution is -0.121. The zero-order chi connectivity index (χ0) is 20.1. The van der Waals surface area contributed by atoms with Gasteiger partial charge >= 0.3 is 0 Å². The highest BCUT2D eigenvalue weighted by Crippen LogP contribution is 2.42. The Bertz CT molecular complexity index is 1050. The van der Waals surface area contributed by atoms with Crippen LogP contribution >= 0.6 is 0 Å². The van der Waals surface area contributed by atoms with Crippen molar-refractivity contribution in [3.05, 3.63) is 41.9 Å². The second kappa shape index (κ2) is 6.56. The van der Waals surface area contributed by atoms with Crippen molar-refractivity contribution in [3.8, 4) is 17.2 Å². The van der Waals surface area contributed by atoms with Crippen molar-refractivity contribution >= 4 is 11.6 Å². The van der Waals surface area contributed by atoms with Crippen LogP contribution in [0.4, 0.5) is 5.69 Å². The van der Waals surface area contributed by atoms with E-state index in [1.54, 1.807) is 21.3 Å². The third-order valence-electron chi connectivity index (χ3n) is 5.25. The van der Waals surface area contributed by atoms with E-state index >= 15 is 0 Å². The molecule has 0 saturated carbocycles. The maximum atomic E-state index is 12.6. The van der Waals surface area contributed by atoms with Gasteiger partial charge in [-0.2, -0.15) is 9.78 Å². The van der Waals surface area contributed by atoms with E-state index in [2.05, 4.69) is 10.2 Å². The number of aliphatic hydroxyl groups is 1. The van der Waals surface area contributed by atoms with Crippen LogP contribution in [-0.4, -0.2) is 49.2 Å². The minimum Gasteiger partial charge on any atom is -0.396 e. The van der Waals surface area contributed by atoms with Gasteiger partial charge in [0.25, 0.3) is 0 Å². The molecular weight excluding hydrogens is 356 g/mol. The highest BCUT2D eigenvalue weighted by atomic mass is 16.3. The van der Waals surface area contributed by atoms with Crippen LogP contribution in [0.25, 0.3) is 17.2 Å². The van der Waals surface area contributed by atoms with Crippen LogP contribution in [0.3, 0.4) is 0 Å². The molecule has 0 radical (unpaired) electrons. The van der Waals surface area contributed by atoms with Crippen molar-refractivity contribution in [2.75, 3.05) is 18.6 Å². The fraction of sp³-hybridized carbons (Fsp3) is 0.400. The molecule has 0 atom stereocenters. The smallest absolute Gasteiger partial charge is 0.236 e. The number of rotatable bonds is 5. The SMILES string of the molecule is CN1C(=O)C(C)(C)c2cc(-c3nc(CCCO)nn3-c3ccn(C)n3)ccc21. The van der Waals surface area contributed by atoms with Crippen molar-refractivity contribution in [2.24, 2.45) is 7.05 Å². The molecule has 2 aromatic heterocycles. The fourth-order valence-electron chi connectivity index (χ4n) is 3.67. The van der Waals surface area contributed by atoms with E-state index < -0.39 is 5.41 Å². The normalized spacial score (nSPS) is 15.3. The van der Waals surface area contributed by atoms with Gasteiger partial charge in [-0.05, 0) is 44.0 Å². The van der Waals surface area contributed by atoms with Crippen LogP contribution in [0.5, 0.6) is 0 Å². The maximum absolute atomic E-state index is 12.6. The third kappa shape index (κ3) is 2.80. The Hall–Kier alpha value is -3.00. The van der Waals surface area contributed by atoms with Gasteiger partial charge in [-0.15, -0.1) is 5.10 Å². The maximum Gasteiger partial charge on any atom is 0.236 e. The number of carbonyl (C=O) groups is 1. The van der Waals surface area contributed by atoms with Gasteiger partial charge < -0.3 is 10.0 Å². The van der Waals surface area contributed by atoms with Crippen LogP contribution < -0.4 is 4.90 Å². The summed E-state index contributed by atoms with van der Waals surface area (Å²) in [7, 11) is 3.66. The van der Waals surface area contributed by atoms with Crippen molar-refractivity contribution in [2.45, 2.75) is 32.1 Å². The van der Waals surface area contributed by atoms with Gasteiger partial charge in [0.2, 0.25) is 5.91 Å². The monoisotopic (exact) mass is 380 g/mol. The summed E-state index contributed by atoms with van der Waals surface area (Å²) in [6.45, 7) is 3.98. The average molecular weight is 380 g/mol. The van der Waals surface area contributed by atoms with Gasteiger partial charge in [-0.25, -0.2) is 4.98 Å². The molecule has 1 N–H and O–H groups in total. The van der Waals surface area contributed by atoms with Crippen molar-refractivity contribution in [1.82, 2.24) is 24.5 Å². The van der Waals surface area contributed by atoms with E-state index in [1.165, 1.54) is 0 Å². The van der Waals surface area contributed by atoms with Gasteiger partial charge in [0, 0.05) is 50.6 Å². The minimum atomic E-state index is -0.588. The van der Waals surface area contributed by atoms with Gasteiger partial charge in [-0.1, -0.05) is 0 Å². The highest BCUT2D eigenvalue weighted by Gasteiger charge is 2.42. The lowest BCUT2D eigenvalue weighted by Crippen LogP contribution is -2.33. The Labute approximate surface area is 163 Å². The number of hydrogen-bond acceptors (Lipinski definition) is 5. The van der Waals surface area contributed by atoms with Gasteiger partial charge in [0.05, 0.1) is 5.41 Å². The molecule has 0 spiro atoms. The largest absolute Gasteiger partial charge is 0.396 e. The van der Waals surface area contributed by atoms with E-state index in [9.17, 15) is 4.79 Å². The number of likely N-dealkylation sites (N-methyl/N-ethyl adjacent to an activating group) is 1. The quantitative estimate of drug-likeness (QED) is 0.730. The predicted octanol–water partition coefficient (Wildman–Crippen LogP) is 1.85. The average Bonchev–Trinajstić information content (AvgIpc) is 3.34. The molecule has 146 valence electrons. The van der Waals surface area contributed by atoms with Crippen LogP contribution in [0.1, 0.15) is 31.7 Å². The van der Waals surface area contributed by atoms with Crippen LogP contribution in [0, 0.1) is 0 Å². The van der Waals surface area contributed by atoms with Crippen molar-refractivity contribution in [3.63, 3.8) is 0 Å². The van der Waals surface area contributed by atoms with E-state index in [1.807, 2.05) is 51.4 Å². The van der Waals surface area contributed by atoms with E-state index in [0.29, 0.717) is 30.3 Å². The molecule has 1 amide bonds. The highest BCUT2D eigenvalue weighted by molar-refractivity contribution is 6.07. The Morgan fingerprint density at radius 1 is 1.14 bits per heavy atom. The number of hydrogen-bond donors (Lipinski definition) is 1. The number of aromatic nitrogens is 5. The molecule has 0 aliphatic carbocycles. The van der Waals surface area contributed by atoms with Gasteiger partial charge in [0.15, 0.2) is 17.5 Å². The topological polar surface area (TPSA) is 89.1 Å². The van der Waals surface area contributed by atoms with E-state index in [0.717, 1.165) is 16.8 Å². The summed E-state index contributed by atoms with van der Waals surface area (Å²) in [6, 6.07) is 7.82. The number of fused-ring (bicyclic) bond motifs is 1. The molecule has 8 nitrogen and oxygen atoms in total. The number of aryl methyl sites for hydroxylation is 2. The summed E-state index contributed by atoms with van der Waals surface area (Å²) in [5.74, 6) is 2.08. The first kappa shape index (κ1) is 18.4. The molecule has 0 fully saturated rings. The number of nitrogens with zero attached hydrogens (tertiary/aromatic N) is 6. The summed E-state index contributed by atoms with van der Waals surface area (Å²) in [5.41, 5.74) is 2.19. The minimum absolute atomic E-state index is 0.0782. The van der Waals surface area contributed by atoms with Crippen molar-refractivity contribution < 1.29 is 9.90 Å². The lowest BCUT2D eigenvalue weighted by Gasteiger charge is -2.16. The Morgan fingerprint density at radius 2 is 1.93 bits per heavy atom. The molecule has 1 aliphatic rings. The van der Waals surface area contributed by atoms with E-state index in [4.69, 9.17) is 10.1 Å². The van der Waals surface area contributed by atoms with E-state index in [-0.39, 0.29) is 12.5 Å². The lowest BCUT2D eigenvalue weighted by atomic mass is 9.85. The molecule has 0 unspecified atom stereocenters. The number of aliphatic hydroxyl groups excluding tert-OH is 1. The number of carbonyl (C=O) groups excluding carboxylic acids is 1.